The third-order valence-corrected chi connectivity index (χ3v) is 5.04. The Morgan fingerprint density at radius 2 is 2.00 bits per heavy atom. The summed E-state index contributed by atoms with van der Waals surface area (Å²) in [6, 6.07) is 1.66. The molecule has 1 fully saturated rings. The number of hydrogen-bond acceptors (Lipinski definition) is 3. The van der Waals surface area contributed by atoms with Crippen molar-refractivity contribution < 1.29 is 9.84 Å². The number of phenolic OH excluding ortho intramolecular Hbond substituents is 1. The van der Waals surface area contributed by atoms with Crippen LogP contribution in [-0.4, -0.2) is 18.3 Å². The topological polar surface area (TPSA) is 55.5 Å². The van der Waals surface area contributed by atoms with E-state index < -0.39 is 0 Å². The maximum atomic E-state index is 10.2. The zero-order valence-corrected chi connectivity index (χ0v) is 12.5. The third kappa shape index (κ3) is 2.56. The highest BCUT2D eigenvalue weighted by atomic mass is 79.9. The monoisotopic (exact) mass is 313 g/mol. The van der Waals surface area contributed by atoms with Gasteiger partial charge in [-0.1, -0.05) is 15.9 Å². The van der Waals surface area contributed by atoms with Gasteiger partial charge in [-0.2, -0.15) is 0 Å². The molecule has 0 saturated carbocycles. The number of hydrogen-bond donors (Lipinski definition) is 2. The molecule has 0 spiro atoms. The maximum absolute atomic E-state index is 10.2. The van der Waals surface area contributed by atoms with Crippen molar-refractivity contribution in [1.29, 1.82) is 0 Å². The van der Waals surface area contributed by atoms with Crippen molar-refractivity contribution in [2.75, 3.05) is 13.2 Å². The van der Waals surface area contributed by atoms with Gasteiger partial charge in [-0.05, 0) is 49.8 Å². The van der Waals surface area contributed by atoms with Crippen molar-refractivity contribution in [1.82, 2.24) is 0 Å². The number of phenols is 1. The van der Waals surface area contributed by atoms with E-state index in [1.54, 1.807) is 6.07 Å². The van der Waals surface area contributed by atoms with Gasteiger partial charge in [-0.25, -0.2) is 0 Å². The molecule has 1 saturated heterocycles. The first-order valence-electron chi connectivity index (χ1n) is 6.34. The Labute approximate surface area is 116 Å². The summed E-state index contributed by atoms with van der Waals surface area (Å²) in [5, 5.41) is 10.2. The van der Waals surface area contributed by atoms with Gasteiger partial charge in [0.2, 0.25) is 0 Å². The van der Waals surface area contributed by atoms with Gasteiger partial charge in [0.05, 0.1) is 0 Å². The standard InChI is InChI=1S/C14H20BrNO2/c1-8-7-11(17)12(9(2)13(8)15)14(16)10-3-5-18-6-4-10/h7,10,14,17H,3-6,16H2,1-2H3/t14-/m0/s1. The van der Waals surface area contributed by atoms with E-state index >= 15 is 0 Å². The van der Waals surface area contributed by atoms with Gasteiger partial charge in [-0.15, -0.1) is 0 Å². The molecule has 18 heavy (non-hydrogen) atoms. The summed E-state index contributed by atoms with van der Waals surface area (Å²) in [5.74, 6) is 0.699. The van der Waals surface area contributed by atoms with E-state index in [1.807, 2.05) is 13.8 Å². The van der Waals surface area contributed by atoms with E-state index in [4.69, 9.17) is 10.5 Å². The van der Waals surface area contributed by atoms with Crippen LogP contribution >= 0.6 is 15.9 Å². The molecule has 1 heterocycles. The van der Waals surface area contributed by atoms with Gasteiger partial charge in [0, 0.05) is 29.3 Å². The van der Waals surface area contributed by atoms with Crippen molar-refractivity contribution in [2.24, 2.45) is 11.7 Å². The highest BCUT2D eigenvalue weighted by Crippen LogP contribution is 2.39. The van der Waals surface area contributed by atoms with Gasteiger partial charge >= 0.3 is 0 Å². The molecular weight excluding hydrogens is 294 g/mol. The average Bonchev–Trinajstić information content (AvgIpc) is 2.37. The molecule has 3 N–H and O–H groups in total. The second-order valence-corrected chi connectivity index (χ2v) is 5.83. The lowest BCUT2D eigenvalue weighted by atomic mass is 9.85. The Hall–Kier alpha value is -0.580. The van der Waals surface area contributed by atoms with Crippen LogP contribution in [0.5, 0.6) is 5.75 Å². The van der Waals surface area contributed by atoms with Crippen LogP contribution in [0, 0.1) is 19.8 Å². The first-order chi connectivity index (χ1) is 8.52. The summed E-state index contributed by atoms with van der Waals surface area (Å²) in [7, 11) is 0. The maximum Gasteiger partial charge on any atom is 0.120 e. The molecule has 1 aromatic rings. The van der Waals surface area contributed by atoms with Gasteiger partial charge in [0.15, 0.2) is 0 Å². The quantitative estimate of drug-likeness (QED) is 0.881. The van der Waals surface area contributed by atoms with Crippen LogP contribution in [0.1, 0.15) is 35.6 Å². The molecule has 4 heteroatoms. The molecule has 2 rings (SSSR count). The lowest BCUT2D eigenvalue weighted by Crippen LogP contribution is -2.28. The fourth-order valence-corrected chi connectivity index (χ4v) is 3.01. The largest absolute Gasteiger partial charge is 0.508 e. The predicted molar refractivity (Wildman–Crippen MR) is 75.8 cm³/mol. The lowest BCUT2D eigenvalue weighted by Gasteiger charge is -2.29. The predicted octanol–water partition coefficient (Wildman–Crippen LogP) is 3.20. The van der Waals surface area contributed by atoms with E-state index in [1.165, 1.54) is 0 Å². The smallest absolute Gasteiger partial charge is 0.120 e. The molecule has 0 bridgehead atoms. The fourth-order valence-electron chi connectivity index (χ4n) is 2.68. The van der Waals surface area contributed by atoms with Gasteiger partial charge in [0.1, 0.15) is 5.75 Å². The van der Waals surface area contributed by atoms with Crippen LogP contribution in [-0.2, 0) is 4.74 Å². The van der Waals surface area contributed by atoms with Crippen LogP contribution in [0.25, 0.3) is 0 Å². The number of benzene rings is 1. The zero-order valence-electron chi connectivity index (χ0n) is 10.9. The Morgan fingerprint density at radius 3 is 2.61 bits per heavy atom. The number of ether oxygens (including phenoxy) is 1. The summed E-state index contributed by atoms with van der Waals surface area (Å²) in [6.07, 6.45) is 1.93. The summed E-state index contributed by atoms with van der Waals surface area (Å²) in [6.45, 7) is 5.52. The van der Waals surface area contributed by atoms with Gasteiger partial charge in [-0.3, -0.25) is 0 Å². The Balaban J connectivity index is 2.34. The normalized spacial score (nSPS) is 18.9. The van der Waals surface area contributed by atoms with Crippen molar-refractivity contribution in [3.05, 3.63) is 27.2 Å². The van der Waals surface area contributed by atoms with Crippen LogP contribution in [0.15, 0.2) is 10.5 Å². The van der Waals surface area contributed by atoms with E-state index in [0.29, 0.717) is 11.7 Å². The number of halogens is 1. The van der Waals surface area contributed by atoms with E-state index in [2.05, 4.69) is 15.9 Å². The van der Waals surface area contributed by atoms with E-state index in [-0.39, 0.29) is 6.04 Å². The number of aromatic hydroxyl groups is 1. The number of nitrogens with two attached hydrogens (primary N) is 1. The summed E-state index contributed by atoms with van der Waals surface area (Å²) >= 11 is 3.57. The fraction of sp³-hybridized carbons (Fsp3) is 0.571. The SMILES string of the molecule is Cc1cc(O)c([C@@H](N)C2CCOCC2)c(C)c1Br. The minimum absolute atomic E-state index is 0.120. The molecule has 1 aliphatic heterocycles. The van der Waals surface area contributed by atoms with Crippen LogP contribution in [0.3, 0.4) is 0 Å². The summed E-state index contributed by atoms with van der Waals surface area (Å²) in [5.41, 5.74) is 9.31. The van der Waals surface area contributed by atoms with Gasteiger partial charge in [0.25, 0.3) is 0 Å². The lowest BCUT2D eigenvalue weighted by molar-refractivity contribution is 0.0580. The molecule has 0 amide bonds. The minimum Gasteiger partial charge on any atom is -0.508 e. The third-order valence-electron chi connectivity index (χ3n) is 3.82. The van der Waals surface area contributed by atoms with Crippen molar-refractivity contribution in [3.8, 4) is 5.75 Å². The van der Waals surface area contributed by atoms with Gasteiger partial charge < -0.3 is 15.6 Å². The first kappa shape index (κ1) is 13.8. The molecule has 1 aromatic carbocycles. The Kier molecular flexibility index (Phi) is 4.30. The molecule has 1 aliphatic rings. The summed E-state index contributed by atoms with van der Waals surface area (Å²) < 4.78 is 6.40. The average molecular weight is 314 g/mol. The van der Waals surface area contributed by atoms with Crippen LogP contribution in [0.4, 0.5) is 0 Å². The number of rotatable bonds is 2. The second-order valence-electron chi connectivity index (χ2n) is 5.04. The van der Waals surface area contributed by atoms with Crippen LogP contribution < -0.4 is 5.73 Å². The highest BCUT2D eigenvalue weighted by molar-refractivity contribution is 9.10. The van der Waals surface area contributed by atoms with Crippen molar-refractivity contribution in [3.63, 3.8) is 0 Å². The van der Waals surface area contributed by atoms with Crippen molar-refractivity contribution >= 4 is 15.9 Å². The Bertz CT molecular complexity index is 442. The highest BCUT2D eigenvalue weighted by Gasteiger charge is 2.26. The number of aryl methyl sites for hydroxylation is 1. The molecule has 0 aromatic heterocycles. The summed E-state index contributed by atoms with van der Waals surface area (Å²) in [4.78, 5) is 0. The molecule has 0 radical (unpaired) electrons. The van der Waals surface area contributed by atoms with E-state index in [9.17, 15) is 5.11 Å². The molecule has 0 unspecified atom stereocenters. The minimum atomic E-state index is -0.120. The zero-order chi connectivity index (χ0) is 13.3. The molecule has 3 nitrogen and oxygen atoms in total. The van der Waals surface area contributed by atoms with Crippen LogP contribution in [0.2, 0.25) is 0 Å². The molecular formula is C14H20BrNO2. The Morgan fingerprint density at radius 1 is 1.39 bits per heavy atom. The van der Waals surface area contributed by atoms with E-state index in [0.717, 1.165) is 47.2 Å². The van der Waals surface area contributed by atoms with Crippen molar-refractivity contribution in [2.45, 2.75) is 32.7 Å². The molecule has 0 aliphatic carbocycles. The first-order valence-corrected chi connectivity index (χ1v) is 7.13. The second kappa shape index (κ2) is 5.59. The molecule has 1 atom stereocenters. The molecule has 100 valence electrons.